The first kappa shape index (κ1) is 15.4. The molecule has 3 aromatic rings. The lowest BCUT2D eigenvalue weighted by atomic mass is 10.2. The first-order valence-corrected chi connectivity index (χ1v) is 7.84. The van der Waals surface area contributed by atoms with Gasteiger partial charge in [-0.25, -0.2) is 9.97 Å². The number of aromatic nitrogens is 5. The zero-order chi connectivity index (χ0) is 15.9. The van der Waals surface area contributed by atoms with E-state index in [-0.39, 0.29) is 0 Å². The molecule has 0 fully saturated rings. The van der Waals surface area contributed by atoms with E-state index in [4.69, 9.17) is 0 Å². The fourth-order valence-corrected chi connectivity index (χ4v) is 2.61. The molecule has 0 saturated carbocycles. The maximum Gasteiger partial charge on any atom is 0.122 e. The standard InChI is InChI=1S/C17H22N6/c1-21-10-7-20-17(21)14-23(13-16-4-2-5-18-12-16)9-3-8-22-11-6-19-15-22/h2,4-7,10-12,15H,3,8-9,13-14H2,1H3. The third-order valence-electron chi connectivity index (χ3n) is 3.86. The number of rotatable bonds is 8. The van der Waals surface area contributed by atoms with Crippen LogP contribution in [0.2, 0.25) is 0 Å². The predicted octanol–water partition coefficient (Wildman–Crippen LogP) is 2.10. The normalized spacial score (nSPS) is 11.2. The third-order valence-corrected chi connectivity index (χ3v) is 3.86. The van der Waals surface area contributed by atoms with E-state index in [9.17, 15) is 0 Å². The van der Waals surface area contributed by atoms with E-state index < -0.39 is 0 Å². The Morgan fingerprint density at radius 2 is 2.04 bits per heavy atom. The van der Waals surface area contributed by atoms with Gasteiger partial charge in [0.1, 0.15) is 5.82 Å². The summed E-state index contributed by atoms with van der Waals surface area (Å²) >= 11 is 0. The molecule has 3 aromatic heterocycles. The molecule has 0 aliphatic heterocycles. The summed E-state index contributed by atoms with van der Waals surface area (Å²) < 4.78 is 4.19. The largest absolute Gasteiger partial charge is 0.337 e. The molecule has 120 valence electrons. The fraction of sp³-hybridized carbons (Fsp3) is 0.353. The van der Waals surface area contributed by atoms with Crippen LogP contribution in [0.1, 0.15) is 17.8 Å². The minimum absolute atomic E-state index is 0.836. The molecule has 0 amide bonds. The molecule has 6 nitrogen and oxygen atoms in total. The van der Waals surface area contributed by atoms with Crippen molar-refractivity contribution in [3.8, 4) is 0 Å². The highest BCUT2D eigenvalue weighted by molar-refractivity contribution is 5.08. The van der Waals surface area contributed by atoms with Crippen molar-refractivity contribution in [1.82, 2.24) is 29.0 Å². The molecule has 0 radical (unpaired) electrons. The van der Waals surface area contributed by atoms with E-state index in [0.29, 0.717) is 0 Å². The fourth-order valence-electron chi connectivity index (χ4n) is 2.61. The molecule has 0 bridgehead atoms. The van der Waals surface area contributed by atoms with Gasteiger partial charge in [-0.3, -0.25) is 9.88 Å². The van der Waals surface area contributed by atoms with Crippen molar-refractivity contribution >= 4 is 0 Å². The van der Waals surface area contributed by atoms with E-state index in [1.54, 1.807) is 0 Å². The predicted molar refractivity (Wildman–Crippen MR) is 88.4 cm³/mol. The average Bonchev–Trinajstić information content (AvgIpc) is 3.21. The van der Waals surface area contributed by atoms with Crippen molar-refractivity contribution in [2.24, 2.45) is 7.05 Å². The summed E-state index contributed by atoms with van der Waals surface area (Å²) in [5, 5.41) is 0. The Morgan fingerprint density at radius 3 is 2.74 bits per heavy atom. The van der Waals surface area contributed by atoms with E-state index >= 15 is 0 Å². The summed E-state index contributed by atoms with van der Waals surface area (Å²) in [6.07, 6.45) is 14.3. The van der Waals surface area contributed by atoms with Gasteiger partial charge in [-0.05, 0) is 18.1 Å². The molecule has 3 rings (SSSR count). The number of nitrogens with zero attached hydrogens (tertiary/aromatic N) is 6. The van der Waals surface area contributed by atoms with Crippen LogP contribution in [-0.4, -0.2) is 35.5 Å². The molecule has 3 heterocycles. The molecule has 0 N–H and O–H groups in total. The molecular formula is C17H22N6. The van der Waals surface area contributed by atoms with Gasteiger partial charge in [-0.15, -0.1) is 0 Å². The molecule has 0 aromatic carbocycles. The van der Waals surface area contributed by atoms with Crippen LogP contribution in [0.5, 0.6) is 0 Å². The quantitative estimate of drug-likeness (QED) is 0.639. The summed E-state index contributed by atoms with van der Waals surface area (Å²) in [6, 6.07) is 4.11. The van der Waals surface area contributed by atoms with Gasteiger partial charge in [-0.2, -0.15) is 0 Å². The van der Waals surface area contributed by atoms with Crippen LogP contribution in [0, 0.1) is 0 Å². The minimum Gasteiger partial charge on any atom is -0.337 e. The summed E-state index contributed by atoms with van der Waals surface area (Å²) in [7, 11) is 2.04. The maximum atomic E-state index is 4.45. The summed E-state index contributed by atoms with van der Waals surface area (Å²) in [5.41, 5.74) is 1.23. The van der Waals surface area contributed by atoms with Crippen molar-refractivity contribution < 1.29 is 0 Å². The van der Waals surface area contributed by atoms with E-state index in [1.165, 1.54) is 5.56 Å². The van der Waals surface area contributed by atoms with Crippen LogP contribution in [0.4, 0.5) is 0 Å². The molecule has 23 heavy (non-hydrogen) atoms. The molecule has 0 saturated heterocycles. The lowest BCUT2D eigenvalue weighted by Gasteiger charge is -2.22. The van der Waals surface area contributed by atoms with Gasteiger partial charge in [0.05, 0.1) is 12.9 Å². The number of aryl methyl sites for hydroxylation is 2. The SMILES string of the molecule is Cn1ccnc1CN(CCCn1ccnc1)Cc1cccnc1. The van der Waals surface area contributed by atoms with Gasteiger partial charge in [0, 0.05) is 63.9 Å². The third kappa shape index (κ3) is 4.50. The molecule has 0 aliphatic carbocycles. The highest BCUT2D eigenvalue weighted by Crippen LogP contribution is 2.09. The Labute approximate surface area is 136 Å². The number of hydrogen-bond acceptors (Lipinski definition) is 4. The van der Waals surface area contributed by atoms with Crippen LogP contribution >= 0.6 is 0 Å². The maximum absolute atomic E-state index is 4.45. The number of pyridine rings is 1. The Hall–Kier alpha value is -2.47. The van der Waals surface area contributed by atoms with Gasteiger partial charge in [0.15, 0.2) is 0 Å². The minimum atomic E-state index is 0.836. The molecule has 0 aliphatic rings. The Bertz CT molecular complexity index is 689. The smallest absolute Gasteiger partial charge is 0.122 e. The van der Waals surface area contributed by atoms with Gasteiger partial charge in [-0.1, -0.05) is 6.07 Å². The van der Waals surface area contributed by atoms with Crippen molar-refractivity contribution in [1.29, 1.82) is 0 Å². The van der Waals surface area contributed by atoms with Crippen LogP contribution in [0.15, 0.2) is 55.6 Å². The zero-order valence-electron chi connectivity index (χ0n) is 13.4. The summed E-state index contributed by atoms with van der Waals surface area (Å²) in [6.45, 7) is 3.69. The van der Waals surface area contributed by atoms with Gasteiger partial charge >= 0.3 is 0 Å². The molecule has 6 heteroatoms. The van der Waals surface area contributed by atoms with Crippen LogP contribution in [0.25, 0.3) is 0 Å². The van der Waals surface area contributed by atoms with Crippen molar-refractivity contribution in [2.75, 3.05) is 6.54 Å². The van der Waals surface area contributed by atoms with Crippen LogP contribution in [-0.2, 0) is 26.7 Å². The highest BCUT2D eigenvalue weighted by atomic mass is 15.2. The molecule has 0 spiro atoms. The second-order valence-electron chi connectivity index (χ2n) is 5.68. The monoisotopic (exact) mass is 310 g/mol. The lowest BCUT2D eigenvalue weighted by Crippen LogP contribution is -2.26. The topological polar surface area (TPSA) is 51.8 Å². The van der Waals surface area contributed by atoms with Gasteiger partial charge in [0.25, 0.3) is 0 Å². The van der Waals surface area contributed by atoms with Crippen LogP contribution in [0.3, 0.4) is 0 Å². The highest BCUT2D eigenvalue weighted by Gasteiger charge is 2.10. The molecular weight excluding hydrogens is 288 g/mol. The average molecular weight is 310 g/mol. The van der Waals surface area contributed by atoms with E-state index in [2.05, 4.69) is 35.1 Å². The second-order valence-corrected chi connectivity index (χ2v) is 5.68. The van der Waals surface area contributed by atoms with Gasteiger partial charge in [0.2, 0.25) is 0 Å². The number of imidazole rings is 2. The summed E-state index contributed by atoms with van der Waals surface area (Å²) in [4.78, 5) is 15.2. The van der Waals surface area contributed by atoms with Gasteiger partial charge < -0.3 is 9.13 Å². The number of hydrogen-bond donors (Lipinski definition) is 0. The van der Waals surface area contributed by atoms with E-state index in [1.807, 2.05) is 56.6 Å². The van der Waals surface area contributed by atoms with Crippen molar-refractivity contribution in [3.05, 3.63) is 67.0 Å². The van der Waals surface area contributed by atoms with Crippen LogP contribution < -0.4 is 0 Å². The molecule has 0 atom stereocenters. The first-order chi connectivity index (χ1) is 11.3. The Kier molecular flexibility index (Phi) is 5.16. The summed E-state index contributed by atoms with van der Waals surface area (Å²) in [5.74, 6) is 1.08. The first-order valence-electron chi connectivity index (χ1n) is 7.84. The molecule has 0 unspecified atom stereocenters. The van der Waals surface area contributed by atoms with Crippen molar-refractivity contribution in [3.63, 3.8) is 0 Å². The Balaban J connectivity index is 1.61. The van der Waals surface area contributed by atoms with Crippen molar-refractivity contribution in [2.45, 2.75) is 26.1 Å². The Morgan fingerprint density at radius 1 is 1.09 bits per heavy atom. The lowest BCUT2D eigenvalue weighted by molar-refractivity contribution is 0.240. The second kappa shape index (κ2) is 7.69. The van der Waals surface area contributed by atoms with E-state index in [0.717, 1.165) is 38.4 Å². The zero-order valence-corrected chi connectivity index (χ0v) is 13.4.